The molecule has 22 heavy (non-hydrogen) atoms. The second-order valence-electron chi connectivity index (χ2n) is 6.82. The molecule has 3 heterocycles. The van der Waals surface area contributed by atoms with Gasteiger partial charge in [0.2, 0.25) is 0 Å². The number of hydrogen-bond donors (Lipinski definition) is 2. The van der Waals surface area contributed by atoms with Gasteiger partial charge in [0.15, 0.2) is 0 Å². The quantitative estimate of drug-likeness (QED) is 0.881. The van der Waals surface area contributed by atoms with Crippen molar-refractivity contribution in [1.82, 2.24) is 14.5 Å². The number of piperidine rings is 1. The lowest BCUT2D eigenvalue weighted by Crippen LogP contribution is -2.51. The third-order valence-electron chi connectivity index (χ3n) is 4.44. The van der Waals surface area contributed by atoms with E-state index in [1.807, 2.05) is 0 Å². The maximum atomic E-state index is 13.0. The molecule has 1 atom stereocenters. The molecule has 1 saturated heterocycles. The van der Waals surface area contributed by atoms with Crippen LogP contribution in [0.15, 0.2) is 24.5 Å². The fourth-order valence-corrected chi connectivity index (χ4v) is 3.13. The Morgan fingerprint density at radius 2 is 2.32 bits per heavy atom. The summed E-state index contributed by atoms with van der Waals surface area (Å²) in [6, 6.07) is 3.37. The van der Waals surface area contributed by atoms with Gasteiger partial charge in [-0.15, -0.1) is 0 Å². The Kier molecular flexibility index (Phi) is 3.56. The predicted octanol–water partition coefficient (Wildman–Crippen LogP) is 1.54. The van der Waals surface area contributed by atoms with Crippen LogP contribution in [0.1, 0.15) is 37.0 Å². The number of carbonyl (C=O) groups excluding carboxylic acids is 1. The molecule has 1 unspecified atom stereocenters. The van der Waals surface area contributed by atoms with Gasteiger partial charge in [-0.1, -0.05) is 13.8 Å². The molecule has 0 bridgehead atoms. The molecule has 0 aromatic carbocycles. The molecule has 0 saturated carbocycles. The zero-order chi connectivity index (χ0) is 15.9. The van der Waals surface area contributed by atoms with Crippen molar-refractivity contribution in [2.24, 2.45) is 5.41 Å². The fraction of sp³-hybridized carbons (Fsp3) is 0.500. The number of aliphatic hydroxyl groups excluding tert-OH is 1. The molecule has 3 rings (SSSR count). The Morgan fingerprint density at radius 1 is 1.55 bits per heavy atom. The van der Waals surface area contributed by atoms with E-state index in [-0.39, 0.29) is 24.0 Å². The number of hydrogen-bond acceptors (Lipinski definition) is 4. The first-order valence-corrected chi connectivity index (χ1v) is 7.56. The van der Waals surface area contributed by atoms with Gasteiger partial charge in [0.05, 0.1) is 29.9 Å². The maximum absolute atomic E-state index is 13.0. The first-order chi connectivity index (χ1) is 10.4. The Balaban J connectivity index is 1.98. The summed E-state index contributed by atoms with van der Waals surface area (Å²) in [6.07, 6.45) is 5.14. The predicted molar refractivity (Wildman–Crippen MR) is 84.5 cm³/mol. The minimum absolute atomic E-state index is 0.0107. The number of aliphatic hydroxyl groups is 1. The second kappa shape index (κ2) is 5.28. The highest BCUT2D eigenvalue weighted by Crippen LogP contribution is 2.33. The molecule has 0 radical (unpaired) electrons. The Hall–Kier alpha value is -2.08. The van der Waals surface area contributed by atoms with E-state index in [0.717, 1.165) is 12.8 Å². The van der Waals surface area contributed by atoms with Gasteiger partial charge in [-0.3, -0.25) is 4.79 Å². The number of anilines is 1. The molecular weight excluding hydrogens is 280 g/mol. The summed E-state index contributed by atoms with van der Waals surface area (Å²) in [5, 5.41) is 13.8. The standard InChI is InChI=1S/C16H22N4O2/c1-16(2)5-3-12(9-21)19(10-16)15(22)13-8-18-20-6-4-11(17)7-14(13)20/h4,6-8,12,21H,3,5,9-10,17H2,1-2H3. The first kappa shape index (κ1) is 14.8. The summed E-state index contributed by atoms with van der Waals surface area (Å²) >= 11 is 0. The number of fused-ring (bicyclic) bond motifs is 1. The lowest BCUT2D eigenvalue weighted by molar-refractivity contribution is 0.0249. The van der Waals surface area contributed by atoms with Crippen LogP contribution in [0.25, 0.3) is 5.52 Å². The second-order valence-corrected chi connectivity index (χ2v) is 6.82. The summed E-state index contributed by atoms with van der Waals surface area (Å²) in [6.45, 7) is 4.92. The summed E-state index contributed by atoms with van der Waals surface area (Å²) in [4.78, 5) is 14.7. The van der Waals surface area contributed by atoms with Gasteiger partial charge < -0.3 is 15.7 Å². The van der Waals surface area contributed by atoms with E-state index < -0.39 is 0 Å². The number of rotatable bonds is 2. The summed E-state index contributed by atoms with van der Waals surface area (Å²) < 4.78 is 1.65. The van der Waals surface area contributed by atoms with Crippen LogP contribution in [0.2, 0.25) is 0 Å². The van der Waals surface area contributed by atoms with Gasteiger partial charge >= 0.3 is 0 Å². The number of amides is 1. The van der Waals surface area contributed by atoms with Crippen LogP contribution in [-0.4, -0.2) is 44.7 Å². The van der Waals surface area contributed by atoms with E-state index in [1.54, 1.807) is 33.9 Å². The van der Waals surface area contributed by atoms with Crippen LogP contribution in [-0.2, 0) is 0 Å². The maximum Gasteiger partial charge on any atom is 0.258 e. The topological polar surface area (TPSA) is 83.9 Å². The fourth-order valence-electron chi connectivity index (χ4n) is 3.13. The molecule has 0 spiro atoms. The van der Waals surface area contributed by atoms with Gasteiger partial charge in [-0.25, -0.2) is 4.52 Å². The number of nitrogens with two attached hydrogens (primary N) is 1. The monoisotopic (exact) mass is 302 g/mol. The van der Waals surface area contributed by atoms with Gasteiger partial charge in [-0.2, -0.15) is 5.10 Å². The largest absolute Gasteiger partial charge is 0.399 e. The van der Waals surface area contributed by atoms with Crippen molar-refractivity contribution < 1.29 is 9.90 Å². The average Bonchev–Trinajstić information content (AvgIpc) is 2.88. The zero-order valence-electron chi connectivity index (χ0n) is 13.0. The highest BCUT2D eigenvalue weighted by molar-refractivity contribution is 6.01. The van der Waals surface area contributed by atoms with Crippen molar-refractivity contribution in [1.29, 1.82) is 0 Å². The van der Waals surface area contributed by atoms with E-state index >= 15 is 0 Å². The third kappa shape index (κ3) is 2.54. The first-order valence-electron chi connectivity index (χ1n) is 7.56. The van der Waals surface area contributed by atoms with Crippen LogP contribution < -0.4 is 5.73 Å². The van der Waals surface area contributed by atoms with Crippen molar-refractivity contribution in [3.05, 3.63) is 30.1 Å². The van der Waals surface area contributed by atoms with E-state index in [2.05, 4.69) is 18.9 Å². The van der Waals surface area contributed by atoms with Crippen molar-refractivity contribution in [2.75, 3.05) is 18.9 Å². The molecule has 0 aliphatic carbocycles. The lowest BCUT2D eigenvalue weighted by Gasteiger charge is -2.43. The van der Waals surface area contributed by atoms with Gasteiger partial charge in [0, 0.05) is 18.4 Å². The minimum atomic E-state index is -0.128. The van der Waals surface area contributed by atoms with Crippen molar-refractivity contribution in [2.45, 2.75) is 32.7 Å². The molecule has 118 valence electrons. The molecule has 3 N–H and O–H groups in total. The highest BCUT2D eigenvalue weighted by atomic mass is 16.3. The number of likely N-dealkylation sites (tertiary alicyclic amines) is 1. The number of aromatic nitrogens is 2. The molecule has 2 aromatic rings. The summed E-state index contributed by atoms with van der Waals surface area (Å²) in [5.41, 5.74) is 7.71. The Labute approximate surface area is 129 Å². The third-order valence-corrected chi connectivity index (χ3v) is 4.44. The normalized spacial score (nSPS) is 21.2. The van der Waals surface area contributed by atoms with Gasteiger partial charge in [-0.05, 0) is 30.4 Å². The molecule has 1 fully saturated rings. The number of pyridine rings is 1. The van der Waals surface area contributed by atoms with E-state index in [9.17, 15) is 9.90 Å². The zero-order valence-corrected chi connectivity index (χ0v) is 13.0. The van der Waals surface area contributed by atoms with Gasteiger partial charge in [0.25, 0.3) is 5.91 Å². The molecule has 6 heteroatoms. The van der Waals surface area contributed by atoms with Crippen LogP contribution >= 0.6 is 0 Å². The van der Waals surface area contributed by atoms with Crippen LogP contribution in [0.5, 0.6) is 0 Å². The van der Waals surface area contributed by atoms with E-state index in [0.29, 0.717) is 23.3 Å². The summed E-state index contributed by atoms with van der Waals surface area (Å²) in [5.74, 6) is -0.0903. The smallest absolute Gasteiger partial charge is 0.258 e. The molecule has 1 aliphatic rings. The molecule has 1 aliphatic heterocycles. The average molecular weight is 302 g/mol. The van der Waals surface area contributed by atoms with Crippen LogP contribution in [0.3, 0.4) is 0 Å². The minimum Gasteiger partial charge on any atom is -0.399 e. The van der Waals surface area contributed by atoms with Crippen LogP contribution in [0.4, 0.5) is 5.69 Å². The van der Waals surface area contributed by atoms with E-state index in [1.165, 1.54) is 0 Å². The van der Waals surface area contributed by atoms with Crippen LogP contribution in [0, 0.1) is 5.41 Å². The van der Waals surface area contributed by atoms with Gasteiger partial charge in [0.1, 0.15) is 0 Å². The molecule has 2 aromatic heterocycles. The SMILES string of the molecule is CC1(C)CCC(CO)N(C(=O)c2cnn3ccc(N)cc23)C1. The summed E-state index contributed by atoms with van der Waals surface area (Å²) in [7, 11) is 0. The molecule has 1 amide bonds. The number of nitrogen functional groups attached to an aromatic ring is 1. The molecular formula is C16H22N4O2. The van der Waals surface area contributed by atoms with Crippen molar-refractivity contribution >= 4 is 17.1 Å². The number of nitrogens with zero attached hydrogens (tertiary/aromatic N) is 3. The van der Waals surface area contributed by atoms with E-state index in [4.69, 9.17) is 5.73 Å². The highest BCUT2D eigenvalue weighted by Gasteiger charge is 2.36. The van der Waals surface area contributed by atoms with Crippen molar-refractivity contribution in [3.63, 3.8) is 0 Å². The number of carbonyl (C=O) groups is 1. The Morgan fingerprint density at radius 3 is 3.05 bits per heavy atom. The van der Waals surface area contributed by atoms with Crippen molar-refractivity contribution in [3.8, 4) is 0 Å². The molecule has 6 nitrogen and oxygen atoms in total. The Bertz CT molecular complexity index is 707. The lowest BCUT2D eigenvalue weighted by atomic mass is 9.81.